The Bertz CT molecular complexity index is 1530. The molecule has 11 heteroatoms. The average molecular weight is 563 g/mol. The van der Waals surface area contributed by atoms with Crippen molar-refractivity contribution in [2.75, 3.05) is 12.3 Å². The van der Waals surface area contributed by atoms with Crippen molar-refractivity contribution in [1.29, 1.82) is 0 Å². The summed E-state index contributed by atoms with van der Waals surface area (Å²) in [6.07, 6.45) is 2.41. The number of pyridine rings is 1. The molecule has 2 heterocycles. The zero-order valence-corrected chi connectivity index (χ0v) is 22.0. The van der Waals surface area contributed by atoms with Crippen LogP contribution < -0.4 is 10.5 Å². The number of nitrogens with zero attached hydrogens (tertiary/aromatic N) is 1. The maximum atomic E-state index is 13.6. The number of rotatable bonds is 5. The number of allylic oxidation sites excluding steroid dienone is 4. The number of ether oxygens (including phenoxy) is 2. The first-order chi connectivity index (χ1) is 19.5. The molecule has 1 aliphatic heterocycles. The van der Waals surface area contributed by atoms with Gasteiger partial charge in [0.1, 0.15) is 40.7 Å². The molecule has 0 spiro atoms. The number of hydrogen-bond donors (Lipinski definition) is 6. The summed E-state index contributed by atoms with van der Waals surface area (Å²) < 4.78 is 11.9. The number of nitrogen functional groups attached to an aromatic ring is 1. The summed E-state index contributed by atoms with van der Waals surface area (Å²) in [6.45, 7) is 0.965. The van der Waals surface area contributed by atoms with Crippen molar-refractivity contribution < 1.29 is 44.6 Å². The molecule has 11 nitrogen and oxygen atoms in total. The number of hydrogen-bond acceptors (Lipinski definition) is 11. The summed E-state index contributed by atoms with van der Waals surface area (Å²) in [7, 11) is 0. The minimum Gasteiger partial charge on any atom is -0.511 e. The highest BCUT2D eigenvalue weighted by atomic mass is 16.7. The van der Waals surface area contributed by atoms with Gasteiger partial charge >= 0.3 is 0 Å². The van der Waals surface area contributed by atoms with Gasteiger partial charge in [0.05, 0.1) is 24.0 Å². The van der Waals surface area contributed by atoms with Gasteiger partial charge in [-0.05, 0) is 43.2 Å². The Balaban J connectivity index is 1.37. The van der Waals surface area contributed by atoms with Gasteiger partial charge in [0.15, 0.2) is 11.6 Å². The third-order valence-corrected chi connectivity index (χ3v) is 8.58. The van der Waals surface area contributed by atoms with E-state index < -0.39 is 59.8 Å². The Labute approximate surface area is 234 Å². The Morgan fingerprint density at radius 1 is 1.17 bits per heavy atom. The van der Waals surface area contributed by atoms with Crippen molar-refractivity contribution in [3.8, 4) is 5.75 Å². The van der Waals surface area contributed by atoms with Crippen LogP contribution in [0.4, 0.5) is 5.82 Å². The highest BCUT2D eigenvalue weighted by Crippen LogP contribution is 2.48. The summed E-state index contributed by atoms with van der Waals surface area (Å²) in [6, 6.07) is 7.69. The number of aliphatic hydroxyl groups is 5. The summed E-state index contributed by atoms with van der Waals surface area (Å²) in [5.74, 6) is -3.88. The molecule has 7 N–H and O–H groups in total. The summed E-state index contributed by atoms with van der Waals surface area (Å²) in [4.78, 5) is 31.0. The van der Waals surface area contributed by atoms with Crippen LogP contribution in [0.5, 0.6) is 5.75 Å². The second-order valence-electron chi connectivity index (χ2n) is 11.1. The van der Waals surface area contributed by atoms with E-state index in [4.69, 9.17) is 15.2 Å². The zero-order chi connectivity index (χ0) is 29.3. The van der Waals surface area contributed by atoms with Crippen LogP contribution in [0.25, 0.3) is 0 Å². The van der Waals surface area contributed by atoms with E-state index in [9.17, 15) is 35.1 Å². The smallest absolute Gasteiger partial charge is 0.230 e. The standard InChI is InChI=1S/C30H30N2O9/c1-14-9-18-22(19(34)10-14)25(36)23-17(24(18)35)3-2-4-20(23)40-27-26(37)30(39)16(11-15-6-8-32-21(31)12-15)5-7-29(13-33,41-27)28(30)38/h2-10,12,16,18,22,26-28,33-34,37-39H,11,13H2,1H3,(H2,31,32). The highest BCUT2D eigenvalue weighted by molar-refractivity contribution is 6.19. The number of aromatic nitrogens is 1. The lowest BCUT2D eigenvalue weighted by Gasteiger charge is -2.57. The largest absolute Gasteiger partial charge is 0.511 e. The number of carbonyl (C=O) groups excluding carboxylic acids is 2. The lowest BCUT2D eigenvalue weighted by molar-refractivity contribution is -0.349. The molecule has 3 aliphatic carbocycles. The van der Waals surface area contributed by atoms with Gasteiger partial charge in [-0.15, -0.1) is 0 Å². The molecule has 1 aromatic heterocycles. The van der Waals surface area contributed by atoms with Gasteiger partial charge < -0.3 is 40.7 Å². The monoisotopic (exact) mass is 562 g/mol. The van der Waals surface area contributed by atoms with Crippen LogP contribution in [0.3, 0.4) is 0 Å². The fourth-order valence-electron chi connectivity index (χ4n) is 6.48. The van der Waals surface area contributed by atoms with Crippen molar-refractivity contribution in [1.82, 2.24) is 4.98 Å². The van der Waals surface area contributed by atoms with Crippen LogP contribution in [0.15, 0.2) is 72.2 Å². The first kappa shape index (κ1) is 27.3. The Hall–Kier alpha value is -3.87. The Kier molecular flexibility index (Phi) is 6.40. The summed E-state index contributed by atoms with van der Waals surface area (Å²) >= 11 is 0. The first-order valence-corrected chi connectivity index (χ1v) is 13.2. The SMILES string of the molecule is CC1=CC2C(=O)c3cccc(OC4OC5(CO)C=CC(Cc6ccnc(N)c6)C(O)(C4O)C5O)c3C(=O)C2C(O)=C1. The van der Waals surface area contributed by atoms with Gasteiger partial charge in [0, 0.05) is 17.7 Å². The Morgan fingerprint density at radius 3 is 2.68 bits per heavy atom. The molecule has 1 saturated heterocycles. The van der Waals surface area contributed by atoms with Crippen LogP contribution in [0, 0.1) is 17.8 Å². The van der Waals surface area contributed by atoms with E-state index >= 15 is 0 Å². The topological polar surface area (TPSA) is 193 Å². The van der Waals surface area contributed by atoms with Crippen LogP contribution in [-0.2, 0) is 11.2 Å². The molecule has 0 amide bonds. The summed E-state index contributed by atoms with van der Waals surface area (Å²) in [5, 5.41) is 55.4. The molecule has 214 valence electrons. The van der Waals surface area contributed by atoms with Crippen molar-refractivity contribution in [3.63, 3.8) is 0 Å². The highest BCUT2D eigenvalue weighted by Gasteiger charge is 2.66. The maximum Gasteiger partial charge on any atom is 0.230 e. The van der Waals surface area contributed by atoms with Crippen molar-refractivity contribution in [3.05, 3.63) is 88.9 Å². The number of aliphatic hydroxyl groups excluding tert-OH is 4. The van der Waals surface area contributed by atoms with Gasteiger partial charge in [0.2, 0.25) is 6.29 Å². The molecule has 0 saturated carbocycles. The second kappa shape index (κ2) is 9.61. The molecule has 1 aromatic carbocycles. The number of fused-ring (bicyclic) bond motifs is 4. The average Bonchev–Trinajstić information content (AvgIpc) is 2.94. The van der Waals surface area contributed by atoms with E-state index in [1.807, 2.05) is 0 Å². The quantitative estimate of drug-likeness (QED) is 0.285. The van der Waals surface area contributed by atoms with Crippen molar-refractivity contribution >= 4 is 17.4 Å². The molecule has 6 rings (SSSR count). The second-order valence-corrected chi connectivity index (χ2v) is 11.1. The minimum absolute atomic E-state index is 0.0849. The fourth-order valence-corrected chi connectivity index (χ4v) is 6.48. The van der Waals surface area contributed by atoms with Crippen molar-refractivity contribution in [2.24, 2.45) is 17.8 Å². The third kappa shape index (κ3) is 4.03. The molecule has 2 bridgehead atoms. The van der Waals surface area contributed by atoms with Gasteiger partial charge in [-0.2, -0.15) is 0 Å². The molecule has 8 unspecified atom stereocenters. The Morgan fingerprint density at radius 2 is 1.95 bits per heavy atom. The molecule has 0 radical (unpaired) electrons. The molecular weight excluding hydrogens is 532 g/mol. The van der Waals surface area contributed by atoms with Gasteiger partial charge in [-0.3, -0.25) is 9.59 Å². The van der Waals surface area contributed by atoms with Gasteiger partial charge in [-0.25, -0.2) is 4.98 Å². The lowest BCUT2D eigenvalue weighted by Crippen LogP contribution is -2.76. The van der Waals surface area contributed by atoms with Crippen LogP contribution >= 0.6 is 0 Å². The van der Waals surface area contributed by atoms with Crippen LogP contribution in [-0.4, -0.2) is 78.4 Å². The van der Waals surface area contributed by atoms with Crippen molar-refractivity contribution in [2.45, 2.75) is 43.0 Å². The lowest BCUT2D eigenvalue weighted by atomic mass is 9.64. The van der Waals surface area contributed by atoms with E-state index in [-0.39, 0.29) is 40.7 Å². The molecule has 41 heavy (non-hydrogen) atoms. The zero-order valence-electron chi connectivity index (χ0n) is 22.0. The first-order valence-electron chi connectivity index (χ1n) is 13.2. The predicted molar refractivity (Wildman–Crippen MR) is 144 cm³/mol. The maximum absolute atomic E-state index is 13.6. The summed E-state index contributed by atoms with van der Waals surface area (Å²) in [5.41, 5.74) is 3.03. The normalized spacial score (nSPS) is 35.7. The fraction of sp³-hybridized carbons (Fsp3) is 0.367. The third-order valence-electron chi connectivity index (χ3n) is 8.58. The van der Waals surface area contributed by atoms with Crippen LogP contribution in [0.1, 0.15) is 33.2 Å². The van der Waals surface area contributed by atoms with Gasteiger partial charge in [-0.1, -0.05) is 35.9 Å². The van der Waals surface area contributed by atoms with E-state index in [0.29, 0.717) is 11.1 Å². The predicted octanol–water partition coefficient (Wildman–Crippen LogP) is 1.02. The molecule has 2 aromatic rings. The van der Waals surface area contributed by atoms with E-state index in [1.165, 1.54) is 36.5 Å². The van der Waals surface area contributed by atoms with Crippen LogP contribution in [0.2, 0.25) is 0 Å². The number of carbonyl (C=O) groups is 2. The number of nitrogens with two attached hydrogens (primary N) is 1. The number of Topliss-reactive ketones (excluding diaryl/α,β-unsaturated/α-hetero) is 2. The number of anilines is 1. The van der Waals surface area contributed by atoms with E-state index in [0.717, 1.165) is 0 Å². The van der Waals surface area contributed by atoms with E-state index in [1.54, 1.807) is 31.2 Å². The molecular formula is C30H30N2O9. The molecule has 1 fully saturated rings. The van der Waals surface area contributed by atoms with E-state index in [2.05, 4.69) is 4.98 Å². The molecule has 8 atom stereocenters. The minimum atomic E-state index is -2.26. The number of benzene rings is 1. The molecule has 4 aliphatic rings. The number of ketones is 2. The van der Waals surface area contributed by atoms with Gasteiger partial charge in [0.25, 0.3) is 0 Å².